The van der Waals surface area contributed by atoms with Crippen molar-refractivity contribution in [3.8, 4) is 0 Å². The van der Waals surface area contributed by atoms with E-state index in [4.69, 9.17) is 9.47 Å². The van der Waals surface area contributed by atoms with E-state index in [1.807, 2.05) is 0 Å². The van der Waals surface area contributed by atoms with E-state index in [2.05, 4.69) is 17.3 Å². The maximum atomic E-state index is 11.8. The number of hydrogen-bond acceptors (Lipinski definition) is 5. The molecule has 0 aromatic rings. The lowest BCUT2D eigenvalue weighted by Crippen LogP contribution is -2.47. The van der Waals surface area contributed by atoms with Crippen LogP contribution in [0.1, 0.15) is 25.7 Å². The minimum Gasteiger partial charge on any atom is -0.468 e. The standard InChI is InChI=1S/C14H26N2O3/c1-16(8-11-4-3-7-19-10-11)9-13(14(17)18-2)15-12-5-6-12/h11-13,15H,3-10H2,1-2H3. The Bertz CT molecular complexity index is 288. The van der Waals surface area contributed by atoms with Crippen LogP contribution < -0.4 is 5.32 Å². The van der Waals surface area contributed by atoms with Gasteiger partial charge in [0.1, 0.15) is 6.04 Å². The fourth-order valence-electron chi connectivity index (χ4n) is 2.65. The summed E-state index contributed by atoms with van der Waals surface area (Å²) in [6, 6.07) is 0.308. The highest BCUT2D eigenvalue weighted by Gasteiger charge is 2.30. The van der Waals surface area contributed by atoms with Crippen molar-refractivity contribution in [1.29, 1.82) is 0 Å². The molecule has 110 valence electrons. The summed E-state index contributed by atoms with van der Waals surface area (Å²) in [4.78, 5) is 14.0. The molecular formula is C14H26N2O3. The molecule has 0 aromatic heterocycles. The van der Waals surface area contributed by atoms with Gasteiger partial charge in [-0.25, -0.2) is 0 Å². The molecule has 2 fully saturated rings. The summed E-state index contributed by atoms with van der Waals surface area (Å²) in [6.07, 6.45) is 4.73. The van der Waals surface area contributed by atoms with E-state index in [0.717, 1.165) is 26.2 Å². The van der Waals surface area contributed by atoms with Crippen LogP contribution in [0.4, 0.5) is 0 Å². The van der Waals surface area contributed by atoms with E-state index in [1.165, 1.54) is 26.4 Å². The molecule has 1 N–H and O–H groups in total. The number of carbonyl (C=O) groups is 1. The van der Waals surface area contributed by atoms with Gasteiger partial charge >= 0.3 is 5.97 Å². The average Bonchev–Trinajstić information content (AvgIpc) is 3.22. The van der Waals surface area contributed by atoms with E-state index in [-0.39, 0.29) is 12.0 Å². The monoisotopic (exact) mass is 270 g/mol. The molecule has 0 spiro atoms. The van der Waals surface area contributed by atoms with Crippen LogP contribution in [0, 0.1) is 5.92 Å². The maximum absolute atomic E-state index is 11.8. The summed E-state index contributed by atoms with van der Waals surface area (Å²) >= 11 is 0. The van der Waals surface area contributed by atoms with Gasteiger partial charge in [-0.2, -0.15) is 0 Å². The number of nitrogens with zero attached hydrogens (tertiary/aromatic N) is 1. The zero-order valence-corrected chi connectivity index (χ0v) is 12.1. The zero-order chi connectivity index (χ0) is 13.7. The normalized spacial score (nSPS) is 25.3. The molecule has 2 aliphatic rings. The van der Waals surface area contributed by atoms with Crippen LogP contribution in [0.5, 0.6) is 0 Å². The number of esters is 1. The van der Waals surface area contributed by atoms with Crippen LogP contribution in [0.2, 0.25) is 0 Å². The lowest BCUT2D eigenvalue weighted by Gasteiger charge is -2.29. The van der Waals surface area contributed by atoms with Crippen LogP contribution in [-0.2, 0) is 14.3 Å². The van der Waals surface area contributed by atoms with Crippen molar-refractivity contribution < 1.29 is 14.3 Å². The van der Waals surface area contributed by atoms with Crippen molar-refractivity contribution in [2.45, 2.75) is 37.8 Å². The summed E-state index contributed by atoms with van der Waals surface area (Å²) < 4.78 is 10.4. The molecular weight excluding hydrogens is 244 g/mol. The summed E-state index contributed by atoms with van der Waals surface area (Å²) in [5.41, 5.74) is 0. The highest BCUT2D eigenvalue weighted by atomic mass is 16.5. The third kappa shape index (κ3) is 5.09. The number of likely N-dealkylation sites (N-methyl/N-ethyl adjacent to an activating group) is 1. The molecule has 0 amide bonds. The van der Waals surface area contributed by atoms with E-state index in [9.17, 15) is 4.79 Å². The van der Waals surface area contributed by atoms with Crippen molar-refractivity contribution in [3.63, 3.8) is 0 Å². The predicted octanol–water partition coefficient (Wildman–Crippen LogP) is 0.638. The van der Waals surface area contributed by atoms with Crippen LogP contribution >= 0.6 is 0 Å². The van der Waals surface area contributed by atoms with Crippen LogP contribution in [0.15, 0.2) is 0 Å². The smallest absolute Gasteiger partial charge is 0.324 e. The summed E-state index contributed by atoms with van der Waals surface area (Å²) in [5.74, 6) is 0.441. The van der Waals surface area contributed by atoms with Gasteiger partial charge in [0.15, 0.2) is 0 Å². The highest BCUT2D eigenvalue weighted by Crippen LogP contribution is 2.20. The maximum Gasteiger partial charge on any atom is 0.324 e. The van der Waals surface area contributed by atoms with Crippen molar-refractivity contribution in [2.75, 3.05) is 40.5 Å². The molecule has 0 radical (unpaired) electrons. The second-order valence-corrected chi connectivity index (χ2v) is 5.82. The molecule has 1 aliphatic heterocycles. The number of carbonyl (C=O) groups excluding carboxylic acids is 1. The Hall–Kier alpha value is -0.650. The van der Waals surface area contributed by atoms with Crippen molar-refractivity contribution in [1.82, 2.24) is 10.2 Å². The second kappa shape index (κ2) is 7.22. The first-order valence-electron chi connectivity index (χ1n) is 7.29. The number of methoxy groups -OCH3 is 1. The van der Waals surface area contributed by atoms with Crippen LogP contribution in [0.25, 0.3) is 0 Å². The van der Waals surface area contributed by atoms with E-state index in [1.54, 1.807) is 0 Å². The third-order valence-corrected chi connectivity index (χ3v) is 3.82. The van der Waals surface area contributed by atoms with Gasteiger partial charge in [-0.15, -0.1) is 0 Å². The van der Waals surface area contributed by atoms with E-state index < -0.39 is 0 Å². The average molecular weight is 270 g/mol. The van der Waals surface area contributed by atoms with Crippen molar-refractivity contribution in [3.05, 3.63) is 0 Å². The molecule has 2 rings (SSSR count). The SMILES string of the molecule is COC(=O)C(CN(C)CC1CCCOC1)NC1CC1. The van der Waals surface area contributed by atoms with Gasteiger partial charge in [0.2, 0.25) is 0 Å². The molecule has 5 nitrogen and oxygen atoms in total. The summed E-state index contributed by atoms with van der Waals surface area (Å²) in [6.45, 7) is 3.44. The van der Waals surface area contributed by atoms with Gasteiger partial charge in [-0.3, -0.25) is 4.79 Å². The Kier molecular flexibility index (Phi) is 5.60. The van der Waals surface area contributed by atoms with Gasteiger partial charge in [0, 0.05) is 25.7 Å². The predicted molar refractivity (Wildman–Crippen MR) is 73.0 cm³/mol. The third-order valence-electron chi connectivity index (χ3n) is 3.82. The van der Waals surface area contributed by atoms with E-state index in [0.29, 0.717) is 18.5 Å². The molecule has 0 aromatic carbocycles. The molecule has 1 heterocycles. The minimum absolute atomic E-state index is 0.154. The fraction of sp³-hybridized carbons (Fsp3) is 0.929. The number of hydrogen-bond donors (Lipinski definition) is 1. The Morgan fingerprint density at radius 1 is 1.47 bits per heavy atom. The fourth-order valence-corrected chi connectivity index (χ4v) is 2.65. The Morgan fingerprint density at radius 3 is 2.84 bits per heavy atom. The number of rotatable bonds is 7. The van der Waals surface area contributed by atoms with Gasteiger partial charge in [0.25, 0.3) is 0 Å². The van der Waals surface area contributed by atoms with Crippen LogP contribution in [0.3, 0.4) is 0 Å². The molecule has 1 aliphatic carbocycles. The number of ether oxygens (including phenoxy) is 2. The molecule has 2 atom stereocenters. The van der Waals surface area contributed by atoms with E-state index >= 15 is 0 Å². The molecule has 2 unspecified atom stereocenters. The highest BCUT2D eigenvalue weighted by molar-refractivity contribution is 5.76. The van der Waals surface area contributed by atoms with Gasteiger partial charge < -0.3 is 19.7 Å². The molecule has 5 heteroatoms. The second-order valence-electron chi connectivity index (χ2n) is 5.82. The zero-order valence-electron chi connectivity index (χ0n) is 12.1. The molecule has 19 heavy (non-hydrogen) atoms. The number of nitrogens with one attached hydrogen (secondary N) is 1. The Balaban J connectivity index is 1.75. The van der Waals surface area contributed by atoms with Gasteiger partial charge in [-0.05, 0) is 38.6 Å². The van der Waals surface area contributed by atoms with Gasteiger partial charge in [0.05, 0.1) is 13.7 Å². The first-order valence-corrected chi connectivity index (χ1v) is 7.29. The summed E-state index contributed by atoms with van der Waals surface area (Å²) in [7, 11) is 3.53. The van der Waals surface area contributed by atoms with Crippen LogP contribution in [-0.4, -0.2) is 63.4 Å². The lowest BCUT2D eigenvalue weighted by atomic mass is 10.0. The Labute approximate surface area is 115 Å². The lowest BCUT2D eigenvalue weighted by molar-refractivity contribution is -0.143. The molecule has 1 saturated heterocycles. The topological polar surface area (TPSA) is 50.8 Å². The molecule has 1 saturated carbocycles. The summed E-state index contributed by atoms with van der Waals surface area (Å²) in [5, 5.41) is 3.36. The van der Waals surface area contributed by atoms with Crippen molar-refractivity contribution >= 4 is 5.97 Å². The minimum atomic E-state index is -0.202. The quantitative estimate of drug-likeness (QED) is 0.688. The Morgan fingerprint density at radius 2 is 2.26 bits per heavy atom. The first kappa shape index (κ1) is 14.8. The van der Waals surface area contributed by atoms with Crippen molar-refractivity contribution in [2.24, 2.45) is 5.92 Å². The first-order chi connectivity index (χ1) is 9.19. The largest absolute Gasteiger partial charge is 0.468 e. The van der Waals surface area contributed by atoms with Gasteiger partial charge in [-0.1, -0.05) is 0 Å². The molecule has 0 bridgehead atoms.